The number of aliphatic hydroxyl groups is 2. The standard InChI is InChI=1S/C9H17NO4/c1-4-7(10-6(3)11)9(13)8(12)5(2)14-4/h4-5,7-9,12-13H,1-3H3,(H,10,11)/t4?,5-,7+,8+,9-/m1/s1. The van der Waals surface area contributed by atoms with E-state index in [4.69, 9.17) is 4.74 Å². The fraction of sp³-hybridized carbons (Fsp3) is 0.889. The number of rotatable bonds is 1. The van der Waals surface area contributed by atoms with Gasteiger partial charge in [0.1, 0.15) is 12.2 Å². The van der Waals surface area contributed by atoms with E-state index in [-0.39, 0.29) is 12.0 Å². The van der Waals surface area contributed by atoms with Crippen molar-refractivity contribution in [3.05, 3.63) is 0 Å². The summed E-state index contributed by atoms with van der Waals surface area (Å²) in [7, 11) is 0. The molecule has 14 heavy (non-hydrogen) atoms. The minimum Gasteiger partial charge on any atom is -0.388 e. The Morgan fingerprint density at radius 3 is 2.29 bits per heavy atom. The van der Waals surface area contributed by atoms with Crippen LogP contribution < -0.4 is 5.32 Å². The Bertz CT molecular complexity index is 221. The first-order valence-corrected chi connectivity index (χ1v) is 4.72. The molecule has 1 heterocycles. The number of aliphatic hydroxyl groups excluding tert-OH is 2. The molecule has 82 valence electrons. The summed E-state index contributed by atoms with van der Waals surface area (Å²) in [6.45, 7) is 4.81. The van der Waals surface area contributed by atoms with Gasteiger partial charge >= 0.3 is 0 Å². The van der Waals surface area contributed by atoms with Crippen LogP contribution in [-0.2, 0) is 9.53 Å². The van der Waals surface area contributed by atoms with Crippen molar-refractivity contribution in [2.24, 2.45) is 0 Å². The Kier molecular flexibility index (Phi) is 3.47. The number of ether oxygens (including phenoxy) is 1. The minimum absolute atomic E-state index is 0.244. The first kappa shape index (κ1) is 11.4. The van der Waals surface area contributed by atoms with Crippen LogP contribution in [0.1, 0.15) is 20.8 Å². The van der Waals surface area contributed by atoms with E-state index in [1.165, 1.54) is 6.92 Å². The van der Waals surface area contributed by atoms with Gasteiger partial charge in [-0.05, 0) is 13.8 Å². The Morgan fingerprint density at radius 2 is 1.79 bits per heavy atom. The van der Waals surface area contributed by atoms with Crippen LogP contribution in [0.4, 0.5) is 0 Å². The molecule has 1 aliphatic heterocycles. The van der Waals surface area contributed by atoms with Gasteiger partial charge in [-0.2, -0.15) is 0 Å². The maximum absolute atomic E-state index is 10.8. The van der Waals surface area contributed by atoms with Crippen molar-refractivity contribution in [3.8, 4) is 0 Å². The summed E-state index contributed by atoms with van der Waals surface area (Å²) in [5, 5.41) is 21.8. The third-order valence-corrected chi connectivity index (χ3v) is 2.50. The molecule has 1 aliphatic rings. The highest BCUT2D eigenvalue weighted by atomic mass is 16.5. The number of carbonyl (C=O) groups is 1. The Labute approximate surface area is 83.1 Å². The number of nitrogens with one attached hydrogen (secondary N) is 1. The molecular formula is C9H17NO4. The van der Waals surface area contributed by atoms with E-state index in [0.29, 0.717) is 0 Å². The smallest absolute Gasteiger partial charge is 0.217 e. The summed E-state index contributed by atoms with van der Waals surface area (Å²) >= 11 is 0. The van der Waals surface area contributed by atoms with Crippen LogP contribution >= 0.6 is 0 Å². The molecule has 0 aromatic rings. The highest BCUT2D eigenvalue weighted by Gasteiger charge is 2.40. The van der Waals surface area contributed by atoms with Gasteiger partial charge in [-0.3, -0.25) is 4.79 Å². The first-order valence-electron chi connectivity index (χ1n) is 4.72. The minimum atomic E-state index is -0.974. The zero-order chi connectivity index (χ0) is 10.9. The van der Waals surface area contributed by atoms with E-state index in [1.807, 2.05) is 0 Å². The highest BCUT2D eigenvalue weighted by Crippen LogP contribution is 2.20. The van der Waals surface area contributed by atoms with Crippen molar-refractivity contribution in [3.63, 3.8) is 0 Å². The molecule has 0 aliphatic carbocycles. The molecular weight excluding hydrogens is 186 g/mol. The van der Waals surface area contributed by atoms with Crippen molar-refractivity contribution in [1.29, 1.82) is 0 Å². The van der Waals surface area contributed by atoms with Gasteiger partial charge in [0.15, 0.2) is 0 Å². The second kappa shape index (κ2) is 4.25. The predicted molar refractivity (Wildman–Crippen MR) is 49.6 cm³/mol. The third kappa shape index (κ3) is 2.23. The van der Waals surface area contributed by atoms with E-state index in [1.54, 1.807) is 13.8 Å². The number of hydrogen-bond acceptors (Lipinski definition) is 4. The molecule has 5 atom stereocenters. The molecule has 0 aromatic heterocycles. The van der Waals surface area contributed by atoms with Crippen LogP contribution in [0.5, 0.6) is 0 Å². The van der Waals surface area contributed by atoms with Gasteiger partial charge in [-0.15, -0.1) is 0 Å². The molecule has 5 nitrogen and oxygen atoms in total. The van der Waals surface area contributed by atoms with E-state index in [0.717, 1.165) is 0 Å². The summed E-state index contributed by atoms with van der Waals surface area (Å²) < 4.78 is 5.36. The summed E-state index contributed by atoms with van der Waals surface area (Å²) in [5.41, 5.74) is 0. The second-order valence-electron chi connectivity index (χ2n) is 3.75. The van der Waals surface area contributed by atoms with Crippen LogP contribution in [0.25, 0.3) is 0 Å². The molecule has 3 N–H and O–H groups in total. The molecule has 1 saturated heterocycles. The second-order valence-corrected chi connectivity index (χ2v) is 3.75. The topological polar surface area (TPSA) is 78.8 Å². The number of hydrogen-bond donors (Lipinski definition) is 3. The van der Waals surface area contributed by atoms with Crippen LogP contribution in [0.15, 0.2) is 0 Å². The molecule has 1 fully saturated rings. The van der Waals surface area contributed by atoms with Gasteiger partial charge in [0.05, 0.1) is 18.2 Å². The molecule has 0 aromatic carbocycles. The maximum Gasteiger partial charge on any atom is 0.217 e. The zero-order valence-corrected chi connectivity index (χ0v) is 8.60. The SMILES string of the molecule is CC(=O)N[C@H]1C(C)O[C@H](C)[C@H](O)[C@@H]1O. The lowest BCUT2D eigenvalue weighted by molar-refractivity contribution is -0.175. The van der Waals surface area contributed by atoms with Crippen LogP contribution in [0.2, 0.25) is 0 Å². The molecule has 0 spiro atoms. The lowest BCUT2D eigenvalue weighted by Crippen LogP contribution is -2.61. The van der Waals surface area contributed by atoms with Crippen LogP contribution in [-0.4, -0.2) is 46.6 Å². The molecule has 1 rings (SSSR count). The van der Waals surface area contributed by atoms with Crippen molar-refractivity contribution < 1.29 is 19.7 Å². The summed E-state index contributed by atoms with van der Waals surface area (Å²) in [5.74, 6) is -0.244. The van der Waals surface area contributed by atoms with E-state index >= 15 is 0 Å². The predicted octanol–water partition coefficient (Wildman–Crippen LogP) is -0.980. The van der Waals surface area contributed by atoms with E-state index in [9.17, 15) is 15.0 Å². The van der Waals surface area contributed by atoms with Gasteiger partial charge in [-0.1, -0.05) is 0 Å². The van der Waals surface area contributed by atoms with Gasteiger partial charge in [0.2, 0.25) is 5.91 Å². The average Bonchev–Trinajstić information content (AvgIpc) is 2.09. The Hall–Kier alpha value is -0.650. The lowest BCUT2D eigenvalue weighted by Gasteiger charge is -2.40. The zero-order valence-electron chi connectivity index (χ0n) is 8.60. The van der Waals surface area contributed by atoms with Gasteiger partial charge in [0, 0.05) is 6.92 Å². The fourth-order valence-electron chi connectivity index (χ4n) is 1.71. The molecule has 0 saturated carbocycles. The van der Waals surface area contributed by atoms with Crippen LogP contribution in [0, 0.1) is 0 Å². The van der Waals surface area contributed by atoms with Crippen molar-refractivity contribution >= 4 is 5.91 Å². The Balaban J connectivity index is 2.68. The first-order chi connectivity index (χ1) is 6.43. The normalized spacial score (nSPS) is 43.4. The summed E-state index contributed by atoms with van der Waals surface area (Å²) in [6, 6.07) is -0.543. The van der Waals surface area contributed by atoms with E-state index < -0.39 is 24.4 Å². The summed E-state index contributed by atoms with van der Waals surface area (Å²) in [4.78, 5) is 10.8. The van der Waals surface area contributed by atoms with Crippen molar-refractivity contribution in [1.82, 2.24) is 5.32 Å². The maximum atomic E-state index is 10.8. The van der Waals surface area contributed by atoms with E-state index in [2.05, 4.69) is 5.32 Å². The quantitative estimate of drug-likeness (QED) is 0.512. The molecule has 0 radical (unpaired) electrons. The molecule has 0 bridgehead atoms. The Morgan fingerprint density at radius 1 is 1.21 bits per heavy atom. The largest absolute Gasteiger partial charge is 0.388 e. The molecule has 5 heteroatoms. The average molecular weight is 203 g/mol. The van der Waals surface area contributed by atoms with Gasteiger partial charge in [-0.25, -0.2) is 0 Å². The fourth-order valence-corrected chi connectivity index (χ4v) is 1.71. The van der Waals surface area contributed by atoms with Gasteiger partial charge < -0.3 is 20.3 Å². The van der Waals surface area contributed by atoms with Crippen LogP contribution in [0.3, 0.4) is 0 Å². The van der Waals surface area contributed by atoms with Crippen molar-refractivity contribution in [2.45, 2.75) is 51.2 Å². The third-order valence-electron chi connectivity index (χ3n) is 2.50. The molecule has 1 amide bonds. The number of carbonyl (C=O) groups excluding carboxylic acids is 1. The van der Waals surface area contributed by atoms with Crippen molar-refractivity contribution in [2.75, 3.05) is 0 Å². The lowest BCUT2D eigenvalue weighted by atomic mass is 9.94. The van der Waals surface area contributed by atoms with Gasteiger partial charge in [0.25, 0.3) is 0 Å². The monoisotopic (exact) mass is 203 g/mol. The molecule has 1 unspecified atom stereocenters. The summed E-state index contributed by atoms with van der Waals surface area (Å²) in [6.07, 6.45) is -2.64. The number of amides is 1. The highest BCUT2D eigenvalue weighted by molar-refractivity contribution is 5.73.